The molecule has 132 valence electrons. The van der Waals surface area contributed by atoms with Crippen molar-refractivity contribution in [2.45, 2.75) is 33.6 Å². The fourth-order valence-electron chi connectivity index (χ4n) is 2.39. The monoisotopic (exact) mass is 339 g/mol. The van der Waals surface area contributed by atoms with Crippen molar-refractivity contribution in [3.05, 3.63) is 59.2 Å². The van der Waals surface area contributed by atoms with Crippen molar-refractivity contribution in [1.29, 1.82) is 0 Å². The van der Waals surface area contributed by atoms with E-state index in [1.165, 1.54) is 0 Å². The van der Waals surface area contributed by atoms with Gasteiger partial charge in [0.05, 0.1) is 5.71 Å². The van der Waals surface area contributed by atoms with Crippen LogP contribution in [0.1, 0.15) is 43.4 Å². The number of carbonyl (C=O) groups excluding carboxylic acids is 1. The van der Waals surface area contributed by atoms with Crippen molar-refractivity contribution in [3.8, 4) is 5.75 Å². The Morgan fingerprint density at radius 1 is 1.24 bits per heavy atom. The van der Waals surface area contributed by atoms with E-state index in [-0.39, 0.29) is 12.5 Å². The van der Waals surface area contributed by atoms with E-state index in [0.717, 1.165) is 22.4 Å². The molecule has 0 saturated heterocycles. The lowest BCUT2D eigenvalue weighted by atomic mass is 10.0. The number of nitrogens with zero attached hydrogens (tertiary/aromatic N) is 1. The molecular formula is C20H25N3O2. The number of hydrazone groups is 1. The Morgan fingerprint density at radius 2 is 2.00 bits per heavy atom. The van der Waals surface area contributed by atoms with Gasteiger partial charge < -0.3 is 10.5 Å². The van der Waals surface area contributed by atoms with Crippen molar-refractivity contribution in [2.75, 3.05) is 12.3 Å². The lowest BCUT2D eigenvalue weighted by Crippen LogP contribution is -2.26. The third kappa shape index (κ3) is 5.35. The first-order valence-corrected chi connectivity index (χ1v) is 8.29. The maximum absolute atomic E-state index is 12.0. The fourth-order valence-corrected chi connectivity index (χ4v) is 2.39. The van der Waals surface area contributed by atoms with Crippen molar-refractivity contribution in [1.82, 2.24) is 5.43 Å². The summed E-state index contributed by atoms with van der Waals surface area (Å²) in [4.78, 5) is 12.0. The fraction of sp³-hybridized carbons (Fsp3) is 0.300. The molecule has 0 saturated carbocycles. The number of anilines is 1. The number of aryl methyl sites for hydroxylation is 1. The minimum absolute atomic E-state index is 0.0864. The van der Waals surface area contributed by atoms with Gasteiger partial charge in [0.25, 0.3) is 5.91 Å². The number of nitrogen functional groups attached to an aromatic ring is 1. The van der Waals surface area contributed by atoms with E-state index in [1.807, 2.05) is 50.2 Å². The molecule has 0 heterocycles. The topological polar surface area (TPSA) is 76.7 Å². The number of hydrogen-bond donors (Lipinski definition) is 2. The second-order valence-electron chi connectivity index (χ2n) is 6.34. The molecule has 1 amide bonds. The van der Waals surface area contributed by atoms with Crippen LogP contribution >= 0.6 is 0 Å². The van der Waals surface area contributed by atoms with Gasteiger partial charge in [0.2, 0.25) is 0 Å². The Hall–Kier alpha value is -2.82. The normalized spacial score (nSPS) is 11.5. The number of carbonyl (C=O) groups is 1. The first kappa shape index (κ1) is 18.5. The summed E-state index contributed by atoms with van der Waals surface area (Å²) in [6.45, 7) is 7.91. The quantitative estimate of drug-likeness (QED) is 0.479. The van der Waals surface area contributed by atoms with E-state index in [4.69, 9.17) is 10.5 Å². The van der Waals surface area contributed by atoms with Crippen LogP contribution in [0.5, 0.6) is 5.75 Å². The highest BCUT2D eigenvalue weighted by Crippen LogP contribution is 2.27. The van der Waals surface area contributed by atoms with Gasteiger partial charge in [-0.05, 0) is 54.7 Å². The summed E-state index contributed by atoms with van der Waals surface area (Å²) < 4.78 is 5.70. The van der Waals surface area contributed by atoms with Crippen LogP contribution in [-0.2, 0) is 4.79 Å². The number of hydrogen-bond acceptors (Lipinski definition) is 4. The first-order valence-electron chi connectivity index (χ1n) is 8.29. The summed E-state index contributed by atoms with van der Waals surface area (Å²) in [6.07, 6.45) is 0. The van der Waals surface area contributed by atoms with E-state index in [9.17, 15) is 4.79 Å². The Balaban J connectivity index is 1.97. The summed E-state index contributed by atoms with van der Waals surface area (Å²) in [5, 5.41) is 4.10. The van der Waals surface area contributed by atoms with Crippen LogP contribution in [0, 0.1) is 6.92 Å². The average molecular weight is 339 g/mol. The Morgan fingerprint density at radius 3 is 2.68 bits per heavy atom. The number of rotatable bonds is 6. The van der Waals surface area contributed by atoms with Crippen molar-refractivity contribution < 1.29 is 9.53 Å². The third-order valence-corrected chi connectivity index (χ3v) is 3.80. The van der Waals surface area contributed by atoms with Gasteiger partial charge in [-0.3, -0.25) is 4.79 Å². The van der Waals surface area contributed by atoms with Gasteiger partial charge >= 0.3 is 0 Å². The van der Waals surface area contributed by atoms with Crippen molar-refractivity contribution >= 4 is 17.3 Å². The van der Waals surface area contributed by atoms with Gasteiger partial charge in [-0.25, -0.2) is 5.43 Å². The van der Waals surface area contributed by atoms with Crippen LogP contribution in [0.15, 0.2) is 47.6 Å². The Kier molecular flexibility index (Phi) is 6.17. The second kappa shape index (κ2) is 8.33. The molecule has 0 bridgehead atoms. The van der Waals surface area contributed by atoms with Crippen molar-refractivity contribution in [3.63, 3.8) is 0 Å². The van der Waals surface area contributed by atoms with Gasteiger partial charge in [-0.2, -0.15) is 5.10 Å². The average Bonchev–Trinajstić information content (AvgIpc) is 2.57. The summed E-state index contributed by atoms with van der Waals surface area (Å²) in [7, 11) is 0. The second-order valence-corrected chi connectivity index (χ2v) is 6.34. The predicted molar refractivity (Wildman–Crippen MR) is 102 cm³/mol. The predicted octanol–water partition coefficient (Wildman–Crippen LogP) is 3.62. The Bertz CT molecular complexity index is 782. The van der Waals surface area contributed by atoms with Crippen LogP contribution in [-0.4, -0.2) is 18.2 Å². The molecule has 3 N–H and O–H groups in total. The molecule has 2 aromatic rings. The van der Waals surface area contributed by atoms with E-state index >= 15 is 0 Å². The highest BCUT2D eigenvalue weighted by atomic mass is 16.5. The van der Waals surface area contributed by atoms with E-state index in [0.29, 0.717) is 17.3 Å². The molecule has 0 fully saturated rings. The number of amides is 1. The van der Waals surface area contributed by atoms with E-state index < -0.39 is 0 Å². The number of ether oxygens (including phenoxy) is 1. The van der Waals surface area contributed by atoms with Crippen LogP contribution in [0.4, 0.5) is 5.69 Å². The van der Waals surface area contributed by atoms with E-state index in [2.05, 4.69) is 24.4 Å². The van der Waals surface area contributed by atoms with Gasteiger partial charge in [-0.15, -0.1) is 0 Å². The summed E-state index contributed by atoms with van der Waals surface area (Å²) in [6, 6.07) is 13.4. The van der Waals surface area contributed by atoms with Gasteiger partial charge in [-0.1, -0.05) is 38.1 Å². The molecule has 0 aliphatic heterocycles. The lowest BCUT2D eigenvalue weighted by molar-refractivity contribution is -0.123. The molecule has 0 spiro atoms. The zero-order valence-corrected chi connectivity index (χ0v) is 15.2. The molecule has 5 nitrogen and oxygen atoms in total. The summed E-state index contributed by atoms with van der Waals surface area (Å²) in [5.41, 5.74) is 12.6. The SMILES string of the molecule is C/C(=N/NC(=O)COc1cc(C)ccc1C(C)C)c1cccc(N)c1. The van der Waals surface area contributed by atoms with Crippen LogP contribution < -0.4 is 15.9 Å². The van der Waals surface area contributed by atoms with Crippen molar-refractivity contribution in [2.24, 2.45) is 5.10 Å². The molecule has 0 aromatic heterocycles. The minimum atomic E-state index is -0.306. The zero-order chi connectivity index (χ0) is 18.4. The number of nitrogens with two attached hydrogens (primary N) is 1. The minimum Gasteiger partial charge on any atom is -0.483 e. The molecule has 0 radical (unpaired) electrons. The third-order valence-electron chi connectivity index (χ3n) is 3.80. The molecular weight excluding hydrogens is 314 g/mol. The molecule has 25 heavy (non-hydrogen) atoms. The molecule has 2 aromatic carbocycles. The first-order chi connectivity index (χ1) is 11.9. The summed E-state index contributed by atoms with van der Waals surface area (Å²) >= 11 is 0. The lowest BCUT2D eigenvalue weighted by Gasteiger charge is -2.14. The molecule has 5 heteroatoms. The summed E-state index contributed by atoms with van der Waals surface area (Å²) in [5.74, 6) is 0.753. The number of nitrogens with one attached hydrogen (secondary N) is 1. The van der Waals surface area contributed by atoms with Gasteiger partial charge in [0.1, 0.15) is 5.75 Å². The van der Waals surface area contributed by atoms with Crippen LogP contribution in [0.25, 0.3) is 0 Å². The maximum Gasteiger partial charge on any atom is 0.277 e. The van der Waals surface area contributed by atoms with Gasteiger partial charge in [0.15, 0.2) is 6.61 Å². The Labute approximate surface area is 148 Å². The smallest absolute Gasteiger partial charge is 0.277 e. The largest absolute Gasteiger partial charge is 0.483 e. The standard InChI is InChI=1S/C20H25N3O2/c1-13(2)18-9-8-14(3)10-19(18)25-12-20(24)23-22-15(4)16-6-5-7-17(21)11-16/h5-11,13H,12,21H2,1-4H3,(H,23,24)/b22-15-. The van der Waals surface area contributed by atoms with Crippen LogP contribution in [0.3, 0.4) is 0 Å². The highest BCUT2D eigenvalue weighted by molar-refractivity contribution is 5.99. The highest BCUT2D eigenvalue weighted by Gasteiger charge is 2.10. The van der Waals surface area contributed by atoms with E-state index in [1.54, 1.807) is 6.07 Å². The molecule has 0 unspecified atom stereocenters. The number of benzene rings is 2. The maximum atomic E-state index is 12.0. The molecule has 0 aliphatic carbocycles. The molecule has 0 atom stereocenters. The molecule has 0 aliphatic rings. The zero-order valence-electron chi connectivity index (χ0n) is 15.2. The van der Waals surface area contributed by atoms with Crippen LogP contribution in [0.2, 0.25) is 0 Å². The van der Waals surface area contributed by atoms with Gasteiger partial charge in [0, 0.05) is 5.69 Å². The molecule has 2 rings (SSSR count).